The molecule has 0 saturated heterocycles. The Morgan fingerprint density at radius 1 is 1.29 bits per heavy atom. The van der Waals surface area contributed by atoms with E-state index in [2.05, 4.69) is 15.4 Å². The first kappa shape index (κ1) is 15.1. The van der Waals surface area contributed by atoms with Crippen molar-refractivity contribution in [1.82, 2.24) is 20.2 Å². The van der Waals surface area contributed by atoms with Gasteiger partial charge in [0.05, 0.1) is 23.7 Å². The SMILES string of the molecule is COc1cccc(-c2nnn(-c3ccc(C#N)cc3[N+](=O)[O-])n2)c1. The number of rotatable bonds is 4. The Hall–Kier alpha value is -3.80. The molecular weight excluding hydrogens is 312 g/mol. The van der Waals surface area contributed by atoms with Crippen molar-refractivity contribution in [1.29, 1.82) is 5.26 Å². The van der Waals surface area contributed by atoms with Crippen LogP contribution in [0.2, 0.25) is 0 Å². The summed E-state index contributed by atoms with van der Waals surface area (Å²) in [6.45, 7) is 0. The molecule has 0 atom stereocenters. The minimum atomic E-state index is -0.593. The van der Waals surface area contributed by atoms with Crippen molar-refractivity contribution in [3.05, 3.63) is 58.1 Å². The van der Waals surface area contributed by atoms with Gasteiger partial charge in [-0.1, -0.05) is 12.1 Å². The fraction of sp³-hybridized carbons (Fsp3) is 0.0667. The Balaban J connectivity index is 2.05. The van der Waals surface area contributed by atoms with Crippen LogP contribution in [0, 0.1) is 21.4 Å². The lowest BCUT2D eigenvalue weighted by Gasteiger charge is -2.01. The quantitative estimate of drug-likeness (QED) is 0.533. The van der Waals surface area contributed by atoms with Crippen LogP contribution in [0.1, 0.15) is 5.56 Å². The third-order valence-corrected chi connectivity index (χ3v) is 3.26. The zero-order valence-electron chi connectivity index (χ0n) is 12.4. The summed E-state index contributed by atoms with van der Waals surface area (Å²) >= 11 is 0. The van der Waals surface area contributed by atoms with E-state index in [4.69, 9.17) is 10.00 Å². The van der Waals surface area contributed by atoms with Crippen LogP contribution in [-0.4, -0.2) is 32.2 Å². The van der Waals surface area contributed by atoms with Crippen LogP contribution < -0.4 is 4.74 Å². The van der Waals surface area contributed by atoms with E-state index in [1.54, 1.807) is 31.4 Å². The predicted octanol–water partition coefficient (Wildman–Crippen LogP) is 2.12. The lowest BCUT2D eigenvalue weighted by Crippen LogP contribution is -2.04. The minimum absolute atomic E-state index is 0.126. The molecule has 9 heteroatoms. The minimum Gasteiger partial charge on any atom is -0.497 e. The maximum atomic E-state index is 11.2. The van der Waals surface area contributed by atoms with Gasteiger partial charge in [-0.05, 0) is 29.5 Å². The molecule has 9 nitrogen and oxygen atoms in total. The number of methoxy groups -OCH3 is 1. The Bertz CT molecular complexity index is 960. The van der Waals surface area contributed by atoms with E-state index in [0.29, 0.717) is 17.1 Å². The fourth-order valence-electron chi connectivity index (χ4n) is 2.10. The van der Waals surface area contributed by atoms with Crippen LogP contribution in [-0.2, 0) is 0 Å². The Morgan fingerprint density at radius 3 is 2.83 bits per heavy atom. The summed E-state index contributed by atoms with van der Waals surface area (Å²) in [5, 5.41) is 32.0. The maximum absolute atomic E-state index is 11.2. The molecular formula is C15H10N6O3. The van der Waals surface area contributed by atoms with Crippen LogP contribution in [0.5, 0.6) is 5.75 Å². The monoisotopic (exact) mass is 322 g/mol. The summed E-state index contributed by atoms with van der Waals surface area (Å²) in [7, 11) is 1.55. The molecule has 0 aliphatic heterocycles. The van der Waals surface area contributed by atoms with E-state index < -0.39 is 4.92 Å². The summed E-state index contributed by atoms with van der Waals surface area (Å²) in [6, 6.07) is 13.0. The van der Waals surface area contributed by atoms with Gasteiger partial charge in [0.2, 0.25) is 5.82 Å². The molecule has 0 N–H and O–H groups in total. The summed E-state index contributed by atoms with van der Waals surface area (Å²) < 4.78 is 5.14. The number of nitriles is 1. The van der Waals surface area contributed by atoms with Crippen molar-refractivity contribution in [2.75, 3.05) is 7.11 Å². The van der Waals surface area contributed by atoms with Gasteiger partial charge < -0.3 is 4.74 Å². The second-order valence-electron chi connectivity index (χ2n) is 4.71. The van der Waals surface area contributed by atoms with Gasteiger partial charge in [-0.15, -0.1) is 15.0 Å². The van der Waals surface area contributed by atoms with Crippen LogP contribution in [0.3, 0.4) is 0 Å². The lowest BCUT2D eigenvalue weighted by molar-refractivity contribution is -0.384. The van der Waals surface area contributed by atoms with Crippen molar-refractivity contribution in [2.45, 2.75) is 0 Å². The van der Waals surface area contributed by atoms with Gasteiger partial charge >= 0.3 is 0 Å². The number of nitrogens with zero attached hydrogens (tertiary/aromatic N) is 6. The van der Waals surface area contributed by atoms with Crippen molar-refractivity contribution in [2.24, 2.45) is 0 Å². The highest BCUT2D eigenvalue weighted by atomic mass is 16.6. The molecule has 1 aromatic heterocycles. The number of benzene rings is 2. The van der Waals surface area contributed by atoms with E-state index in [9.17, 15) is 10.1 Å². The molecule has 0 fully saturated rings. The second-order valence-corrected chi connectivity index (χ2v) is 4.71. The molecule has 0 saturated carbocycles. The third-order valence-electron chi connectivity index (χ3n) is 3.26. The molecule has 0 unspecified atom stereocenters. The maximum Gasteiger partial charge on any atom is 0.298 e. The normalized spacial score (nSPS) is 10.2. The highest BCUT2D eigenvalue weighted by Gasteiger charge is 2.19. The number of hydrogen-bond donors (Lipinski definition) is 0. The fourth-order valence-corrected chi connectivity index (χ4v) is 2.10. The summed E-state index contributed by atoms with van der Waals surface area (Å²) in [4.78, 5) is 11.7. The Labute approximate surface area is 135 Å². The van der Waals surface area contributed by atoms with Crippen LogP contribution in [0.4, 0.5) is 5.69 Å². The predicted molar refractivity (Wildman–Crippen MR) is 82.5 cm³/mol. The molecule has 118 valence electrons. The zero-order valence-corrected chi connectivity index (χ0v) is 12.4. The van der Waals surface area contributed by atoms with Crippen molar-refractivity contribution in [3.63, 3.8) is 0 Å². The first-order chi connectivity index (χ1) is 11.6. The Morgan fingerprint density at radius 2 is 2.12 bits per heavy atom. The molecule has 3 aromatic rings. The van der Waals surface area contributed by atoms with Crippen LogP contribution in [0.25, 0.3) is 17.1 Å². The van der Waals surface area contributed by atoms with Gasteiger partial charge in [-0.25, -0.2) is 0 Å². The topological polar surface area (TPSA) is 120 Å². The highest BCUT2D eigenvalue weighted by molar-refractivity contribution is 5.58. The van der Waals surface area contributed by atoms with E-state index in [0.717, 1.165) is 4.80 Å². The molecule has 1 heterocycles. The van der Waals surface area contributed by atoms with Gasteiger partial charge in [0.25, 0.3) is 5.69 Å². The number of tetrazole rings is 1. The molecule has 0 aliphatic carbocycles. The zero-order chi connectivity index (χ0) is 17.1. The number of nitro groups is 1. The smallest absolute Gasteiger partial charge is 0.298 e. The van der Waals surface area contributed by atoms with Crippen molar-refractivity contribution < 1.29 is 9.66 Å². The summed E-state index contributed by atoms with van der Waals surface area (Å²) in [6.07, 6.45) is 0. The largest absolute Gasteiger partial charge is 0.497 e. The molecule has 2 aromatic carbocycles. The van der Waals surface area contributed by atoms with E-state index in [-0.39, 0.29) is 16.9 Å². The Kier molecular flexibility index (Phi) is 3.86. The van der Waals surface area contributed by atoms with Gasteiger partial charge in [-0.2, -0.15) is 5.26 Å². The van der Waals surface area contributed by atoms with E-state index >= 15 is 0 Å². The van der Waals surface area contributed by atoms with Crippen molar-refractivity contribution >= 4 is 5.69 Å². The number of nitro benzene ring substituents is 1. The summed E-state index contributed by atoms with van der Waals surface area (Å²) in [5.41, 5.74) is 0.694. The van der Waals surface area contributed by atoms with Crippen LogP contribution in [0.15, 0.2) is 42.5 Å². The molecule has 3 rings (SSSR count). The number of ether oxygens (including phenoxy) is 1. The molecule has 24 heavy (non-hydrogen) atoms. The number of aromatic nitrogens is 4. The average Bonchev–Trinajstić information content (AvgIpc) is 3.11. The molecule has 0 radical (unpaired) electrons. The summed E-state index contributed by atoms with van der Waals surface area (Å²) in [5.74, 6) is 0.931. The first-order valence-electron chi connectivity index (χ1n) is 6.75. The van der Waals surface area contributed by atoms with Crippen LogP contribution >= 0.6 is 0 Å². The van der Waals surface area contributed by atoms with Gasteiger partial charge in [0, 0.05) is 11.6 Å². The lowest BCUT2D eigenvalue weighted by atomic mass is 10.2. The third kappa shape index (κ3) is 2.76. The number of hydrogen-bond acceptors (Lipinski definition) is 7. The van der Waals surface area contributed by atoms with E-state index in [1.807, 2.05) is 6.07 Å². The first-order valence-corrected chi connectivity index (χ1v) is 6.75. The standard InChI is InChI=1S/C15H10N6O3/c1-24-12-4-2-3-11(8-12)15-17-19-20(18-15)13-6-5-10(9-16)7-14(13)21(22)23/h2-8H,1H3. The molecule has 0 aliphatic rings. The van der Waals surface area contributed by atoms with Gasteiger partial charge in [-0.3, -0.25) is 10.1 Å². The highest BCUT2D eigenvalue weighted by Crippen LogP contribution is 2.24. The van der Waals surface area contributed by atoms with E-state index in [1.165, 1.54) is 18.2 Å². The van der Waals surface area contributed by atoms with Gasteiger partial charge in [0.1, 0.15) is 5.75 Å². The van der Waals surface area contributed by atoms with Crippen molar-refractivity contribution in [3.8, 4) is 28.9 Å². The molecule has 0 spiro atoms. The molecule has 0 bridgehead atoms. The average molecular weight is 322 g/mol. The molecule has 0 amide bonds. The second kappa shape index (κ2) is 6.13. The van der Waals surface area contributed by atoms with Gasteiger partial charge in [0.15, 0.2) is 5.69 Å².